The zero-order chi connectivity index (χ0) is 15.7. The van der Waals surface area contributed by atoms with Crippen molar-refractivity contribution >= 4 is 22.6 Å². The van der Waals surface area contributed by atoms with Crippen molar-refractivity contribution in [2.75, 3.05) is 5.32 Å². The van der Waals surface area contributed by atoms with E-state index >= 15 is 0 Å². The van der Waals surface area contributed by atoms with Crippen LogP contribution >= 0.6 is 0 Å². The van der Waals surface area contributed by atoms with Crippen LogP contribution in [0.3, 0.4) is 0 Å². The molecule has 2 aromatic carbocycles. The third-order valence-electron chi connectivity index (χ3n) is 3.67. The van der Waals surface area contributed by atoms with Gasteiger partial charge in [0, 0.05) is 16.6 Å². The van der Waals surface area contributed by atoms with E-state index in [1.165, 1.54) is 0 Å². The first kappa shape index (κ1) is 14.4. The smallest absolute Gasteiger partial charge is 0.228 e. The van der Waals surface area contributed by atoms with Gasteiger partial charge in [-0.05, 0) is 56.2 Å². The molecule has 1 N–H and O–H groups in total. The number of carbonyl (C=O) groups is 1. The molecule has 0 atom stereocenters. The highest BCUT2D eigenvalue weighted by Gasteiger charge is 2.11. The molecule has 22 heavy (non-hydrogen) atoms. The van der Waals surface area contributed by atoms with Gasteiger partial charge in [0.25, 0.3) is 0 Å². The van der Waals surface area contributed by atoms with Crippen molar-refractivity contribution in [3.8, 4) is 0 Å². The van der Waals surface area contributed by atoms with E-state index < -0.39 is 0 Å². The topological polar surface area (TPSA) is 42.2 Å². The summed E-state index contributed by atoms with van der Waals surface area (Å²) >= 11 is 0. The number of anilines is 1. The number of hydrogen-bond acceptors (Lipinski definition) is 2. The van der Waals surface area contributed by atoms with Crippen molar-refractivity contribution in [3.63, 3.8) is 0 Å². The SMILES string of the molecule is Cc1cc(C)cc(NC(=O)Cc2coc3ccc(C)cc23)c1. The van der Waals surface area contributed by atoms with E-state index in [0.29, 0.717) is 6.42 Å². The summed E-state index contributed by atoms with van der Waals surface area (Å²) in [5.41, 5.74) is 6.01. The summed E-state index contributed by atoms with van der Waals surface area (Å²) in [6.07, 6.45) is 1.98. The molecule has 3 heteroatoms. The maximum atomic E-state index is 12.3. The Morgan fingerprint density at radius 2 is 1.73 bits per heavy atom. The normalized spacial score (nSPS) is 10.9. The highest BCUT2D eigenvalue weighted by Crippen LogP contribution is 2.23. The summed E-state index contributed by atoms with van der Waals surface area (Å²) in [6, 6.07) is 12.0. The summed E-state index contributed by atoms with van der Waals surface area (Å²) in [5, 5.41) is 3.97. The number of furan rings is 1. The quantitative estimate of drug-likeness (QED) is 0.770. The first-order valence-electron chi connectivity index (χ1n) is 7.36. The van der Waals surface area contributed by atoms with Crippen LogP contribution in [0.1, 0.15) is 22.3 Å². The minimum Gasteiger partial charge on any atom is -0.464 e. The fraction of sp³-hybridized carbons (Fsp3) is 0.211. The number of fused-ring (bicyclic) bond motifs is 1. The minimum atomic E-state index is -0.0331. The molecule has 1 heterocycles. The van der Waals surface area contributed by atoms with Crippen LogP contribution in [0.25, 0.3) is 11.0 Å². The molecule has 0 fully saturated rings. The first-order chi connectivity index (χ1) is 10.5. The number of benzene rings is 2. The predicted octanol–water partition coefficient (Wildman–Crippen LogP) is 4.54. The lowest BCUT2D eigenvalue weighted by atomic mass is 10.1. The van der Waals surface area contributed by atoms with Gasteiger partial charge in [0.1, 0.15) is 5.58 Å². The fourth-order valence-electron chi connectivity index (χ4n) is 2.76. The summed E-state index contributed by atoms with van der Waals surface area (Å²) in [6.45, 7) is 6.08. The van der Waals surface area contributed by atoms with Crippen LogP contribution in [0, 0.1) is 20.8 Å². The van der Waals surface area contributed by atoms with Crippen molar-refractivity contribution in [3.05, 3.63) is 64.9 Å². The lowest BCUT2D eigenvalue weighted by molar-refractivity contribution is -0.115. The van der Waals surface area contributed by atoms with Crippen LogP contribution in [0.2, 0.25) is 0 Å². The van der Waals surface area contributed by atoms with Crippen LogP contribution in [-0.4, -0.2) is 5.91 Å². The molecule has 3 aromatic rings. The Bertz CT molecular complexity index is 826. The van der Waals surface area contributed by atoms with Gasteiger partial charge in [-0.25, -0.2) is 0 Å². The molecule has 0 unspecified atom stereocenters. The fourth-order valence-corrected chi connectivity index (χ4v) is 2.76. The van der Waals surface area contributed by atoms with E-state index in [2.05, 4.69) is 17.4 Å². The molecule has 0 aliphatic carbocycles. The number of hydrogen-bond donors (Lipinski definition) is 1. The van der Waals surface area contributed by atoms with Gasteiger partial charge in [0.15, 0.2) is 0 Å². The van der Waals surface area contributed by atoms with Gasteiger partial charge in [-0.1, -0.05) is 17.7 Å². The highest BCUT2D eigenvalue weighted by atomic mass is 16.3. The Labute approximate surface area is 130 Å². The highest BCUT2D eigenvalue weighted by molar-refractivity contribution is 5.95. The van der Waals surface area contributed by atoms with E-state index in [1.54, 1.807) is 6.26 Å². The number of amides is 1. The average Bonchev–Trinajstić information content (AvgIpc) is 2.80. The van der Waals surface area contributed by atoms with E-state index in [1.807, 2.05) is 45.0 Å². The molecule has 3 nitrogen and oxygen atoms in total. The zero-order valence-corrected chi connectivity index (χ0v) is 13.1. The third kappa shape index (κ3) is 3.03. The molecule has 0 saturated heterocycles. The molecular formula is C19H19NO2. The molecule has 1 amide bonds. The molecule has 3 rings (SSSR count). The average molecular weight is 293 g/mol. The van der Waals surface area contributed by atoms with Crippen LogP contribution in [0.15, 0.2) is 47.1 Å². The Morgan fingerprint density at radius 1 is 1.00 bits per heavy atom. The van der Waals surface area contributed by atoms with Crippen molar-refractivity contribution < 1.29 is 9.21 Å². The van der Waals surface area contributed by atoms with Crippen LogP contribution in [0.5, 0.6) is 0 Å². The Hall–Kier alpha value is -2.55. The Morgan fingerprint density at radius 3 is 2.45 bits per heavy atom. The van der Waals surface area contributed by atoms with Gasteiger partial charge in [-0.2, -0.15) is 0 Å². The van der Waals surface area contributed by atoms with E-state index in [4.69, 9.17) is 4.42 Å². The molecule has 0 bridgehead atoms. The summed E-state index contributed by atoms with van der Waals surface area (Å²) < 4.78 is 5.51. The van der Waals surface area contributed by atoms with Gasteiger partial charge >= 0.3 is 0 Å². The third-order valence-corrected chi connectivity index (χ3v) is 3.67. The first-order valence-corrected chi connectivity index (χ1v) is 7.36. The standard InChI is InChI=1S/C19H19NO2/c1-12-4-5-18-17(9-12)15(11-22-18)10-19(21)20-16-7-13(2)6-14(3)8-16/h4-9,11H,10H2,1-3H3,(H,20,21). The lowest BCUT2D eigenvalue weighted by Crippen LogP contribution is -2.14. The minimum absolute atomic E-state index is 0.0331. The monoisotopic (exact) mass is 293 g/mol. The van der Waals surface area contributed by atoms with Crippen molar-refractivity contribution in [1.29, 1.82) is 0 Å². The molecule has 0 aliphatic rings. The van der Waals surface area contributed by atoms with E-state index in [9.17, 15) is 4.79 Å². The van der Waals surface area contributed by atoms with Crippen LogP contribution in [-0.2, 0) is 11.2 Å². The number of carbonyl (C=O) groups excluding carboxylic acids is 1. The molecule has 0 aliphatic heterocycles. The molecule has 0 saturated carbocycles. The Kier molecular flexibility index (Phi) is 3.72. The molecular weight excluding hydrogens is 274 g/mol. The molecule has 1 aromatic heterocycles. The maximum Gasteiger partial charge on any atom is 0.228 e. The second kappa shape index (κ2) is 5.68. The van der Waals surface area contributed by atoms with Crippen molar-refractivity contribution in [2.24, 2.45) is 0 Å². The van der Waals surface area contributed by atoms with E-state index in [-0.39, 0.29) is 5.91 Å². The maximum absolute atomic E-state index is 12.3. The molecule has 112 valence electrons. The zero-order valence-electron chi connectivity index (χ0n) is 13.1. The number of nitrogens with one attached hydrogen (secondary N) is 1. The predicted molar refractivity (Wildman–Crippen MR) is 89.2 cm³/mol. The summed E-state index contributed by atoms with van der Waals surface area (Å²) in [5.74, 6) is -0.0331. The van der Waals surface area contributed by atoms with Crippen LogP contribution < -0.4 is 5.32 Å². The largest absolute Gasteiger partial charge is 0.464 e. The summed E-state index contributed by atoms with van der Waals surface area (Å²) in [7, 11) is 0. The van der Waals surface area contributed by atoms with Crippen molar-refractivity contribution in [1.82, 2.24) is 0 Å². The molecule has 0 spiro atoms. The van der Waals surface area contributed by atoms with Gasteiger partial charge < -0.3 is 9.73 Å². The van der Waals surface area contributed by atoms with Crippen molar-refractivity contribution in [2.45, 2.75) is 27.2 Å². The number of rotatable bonds is 3. The lowest BCUT2D eigenvalue weighted by Gasteiger charge is -2.07. The van der Waals surface area contributed by atoms with Gasteiger partial charge in [0.2, 0.25) is 5.91 Å². The van der Waals surface area contributed by atoms with Gasteiger partial charge in [0.05, 0.1) is 12.7 Å². The second-order valence-corrected chi connectivity index (χ2v) is 5.86. The molecule has 0 radical (unpaired) electrons. The number of aryl methyl sites for hydroxylation is 3. The van der Waals surface area contributed by atoms with Crippen LogP contribution in [0.4, 0.5) is 5.69 Å². The van der Waals surface area contributed by atoms with E-state index in [0.717, 1.165) is 38.9 Å². The van der Waals surface area contributed by atoms with Gasteiger partial charge in [-0.3, -0.25) is 4.79 Å². The van der Waals surface area contributed by atoms with Gasteiger partial charge in [-0.15, -0.1) is 0 Å². The summed E-state index contributed by atoms with van der Waals surface area (Å²) in [4.78, 5) is 12.3. The Balaban J connectivity index is 1.79. The second-order valence-electron chi connectivity index (χ2n) is 5.86.